The molecule has 1 aliphatic heterocycles. The van der Waals surface area contributed by atoms with E-state index in [4.69, 9.17) is 16.1 Å². The Morgan fingerprint density at radius 1 is 1.07 bits per heavy atom. The monoisotopic (exact) mass is 418 g/mol. The van der Waals surface area contributed by atoms with Crippen LogP contribution in [-0.2, 0) is 17.8 Å². The van der Waals surface area contributed by atoms with Crippen molar-refractivity contribution in [1.29, 1.82) is 0 Å². The first-order chi connectivity index (χ1) is 14.7. The molecule has 0 bridgehead atoms. The number of hydrogen-bond donors (Lipinski definition) is 0. The summed E-state index contributed by atoms with van der Waals surface area (Å²) in [7, 11) is 0. The highest BCUT2D eigenvalue weighted by Gasteiger charge is 2.23. The predicted molar refractivity (Wildman–Crippen MR) is 115 cm³/mol. The first kappa shape index (κ1) is 18.6. The molecule has 0 saturated heterocycles. The van der Waals surface area contributed by atoms with Crippen LogP contribution in [0, 0.1) is 0 Å². The lowest BCUT2D eigenvalue weighted by Gasteiger charge is -2.29. The minimum Gasteiger partial charge on any atom is -0.334 e. The van der Waals surface area contributed by atoms with Crippen LogP contribution in [0.15, 0.2) is 71.4 Å². The Bertz CT molecular complexity index is 1200. The van der Waals surface area contributed by atoms with Gasteiger partial charge in [0.05, 0.1) is 0 Å². The van der Waals surface area contributed by atoms with Crippen molar-refractivity contribution >= 4 is 23.2 Å². The molecule has 2 aromatic carbocycles. The fraction of sp³-hybridized carbons (Fsp3) is 0.174. The quantitative estimate of drug-likeness (QED) is 0.475. The fourth-order valence-electron chi connectivity index (χ4n) is 3.81. The molecular weight excluding hydrogens is 400 g/mol. The second-order valence-corrected chi connectivity index (χ2v) is 7.67. The van der Waals surface area contributed by atoms with Crippen LogP contribution in [0.5, 0.6) is 0 Å². The van der Waals surface area contributed by atoms with Crippen LogP contribution in [0.4, 0.5) is 5.69 Å². The zero-order valence-electron chi connectivity index (χ0n) is 16.2. The van der Waals surface area contributed by atoms with E-state index in [9.17, 15) is 4.79 Å². The van der Waals surface area contributed by atoms with Crippen LogP contribution in [0.3, 0.4) is 0 Å². The van der Waals surface area contributed by atoms with Gasteiger partial charge in [0.15, 0.2) is 0 Å². The predicted octanol–water partition coefficient (Wildman–Crippen LogP) is 4.84. The molecule has 0 radical (unpaired) electrons. The van der Waals surface area contributed by atoms with Gasteiger partial charge in [-0.25, -0.2) is 0 Å². The molecule has 7 heteroatoms. The molecule has 5 rings (SSSR count). The first-order valence-corrected chi connectivity index (χ1v) is 10.2. The summed E-state index contributed by atoms with van der Waals surface area (Å²) < 4.78 is 7.32. The van der Waals surface area contributed by atoms with Crippen molar-refractivity contribution in [3.05, 3.63) is 77.4 Å². The minimum absolute atomic E-state index is 0.0389. The molecule has 2 aromatic heterocycles. The molecule has 0 unspecified atom stereocenters. The summed E-state index contributed by atoms with van der Waals surface area (Å²) in [5, 5.41) is 4.72. The number of anilines is 1. The normalized spacial score (nSPS) is 13.3. The van der Waals surface area contributed by atoms with Crippen molar-refractivity contribution in [2.75, 3.05) is 11.4 Å². The molecule has 4 aromatic rings. The highest BCUT2D eigenvalue weighted by Crippen LogP contribution is 2.28. The van der Waals surface area contributed by atoms with Gasteiger partial charge < -0.3 is 14.0 Å². The van der Waals surface area contributed by atoms with Crippen molar-refractivity contribution in [1.82, 2.24) is 14.7 Å². The van der Waals surface area contributed by atoms with Crippen molar-refractivity contribution in [3.63, 3.8) is 0 Å². The van der Waals surface area contributed by atoms with Gasteiger partial charge in [0, 0.05) is 29.0 Å². The van der Waals surface area contributed by atoms with E-state index in [0.717, 1.165) is 30.6 Å². The van der Waals surface area contributed by atoms with E-state index in [1.165, 1.54) is 5.56 Å². The number of aromatic nitrogens is 3. The average molecular weight is 419 g/mol. The van der Waals surface area contributed by atoms with Gasteiger partial charge in [-0.3, -0.25) is 4.79 Å². The van der Waals surface area contributed by atoms with Crippen LogP contribution in [0.2, 0.25) is 5.02 Å². The third-order valence-electron chi connectivity index (χ3n) is 5.29. The first-order valence-electron chi connectivity index (χ1n) is 9.82. The highest BCUT2D eigenvalue weighted by molar-refractivity contribution is 6.30. The maximum atomic E-state index is 13.1. The Labute approximate surface area is 178 Å². The molecule has 0 N–H and O–H groups in total. The van der Waals surface area contributed by atoms with Crippen LogP contribution >= 0.6 is 11.6 Å². The van der Waals surface area contributed by atoms with Crippen molar-refractivity contribution in [3.8, 4) is 23.0 Å². The van der Waals surface area contributed by atoms with E-state index >= 15 is 0 Å². The van der Waals surface area contributed by atoms with Gasteiger partial charge in [-0.1, -0.05) is 35.0 Å². The zero-order chi connectivity index (χ0) is 20.5. The summed E-state index contributed by atoms with van der Waals surface area (Å²) in [6.45, 7) is 0.934. The van der Waals surface area contributed by atoms with Gasteiger partial charge in [0.1, 0.15) is 12.2 Å². The number of nitrogens with zero attached hydrogens (tertiary/aromatic N) is 4. The number of carbonyl (C=O) groups excluding carboxylic acids is 1. The van der Waals surface area contributed by atoms with Gasteiger partial charge in [-0.05, 0) is 60.9 Å². The summed E-state index contributed by atoms with van der Waals surface area (Å²) in [4.78, 5) is 19.5. The lowest BCUT2D eigenvalue weighted by Crippen LogP contribution is -2.37. The van der Waals surface area contributed by atoms with E-state index in [0.29, 0.717) is 22.4 Å². The second-order valence-electron chi connectivity index (χ2n) is 7.23. The molecule has 30 heavy (non-hydrogen) atoms. The van der Waals surface area contributed by atoms with E-state index < -0.39 is 0 Å². The molecule has 0 atom stereocenters. The Balaban J connectivity index is 1.38. The Hall–Kier alpha value is -3.38. The van der Waals surface area contributed by atoms with E-state index in [1.54, 1.807) is 12.1 Å². The summed E-state index contributed by atoms with van der Waals surface area (Å²) in [5.74, 6) is 0.888. The van der Waals surface area contributed by atoms with Gasteiger partial charge >= 0.3 is 0 Å². The van der Waals surface area contributed by atoms with Crippen LogP contribution in [-0.4, -0.2) is 27.2 Å². The maximum Gasteiger partial charge on any atom is 0.274 e. The number of halogens is 1. The van der Waals surface area contributed by atoms with E-state index in [-0.39, 0.29) is 12.5 Å². The van der Waals surface area contributed by atoms with E-state index in [2.05, 4.69) is 16.2 Å². The van der Waals surface area contributed by atoms with Gasteiger partial charge in [0.2, 0.25) is 11.7 Å². The molecule has 1 amide bonds. The van der Waals surface area contributed by atoms with E-state index in [1.807, 2.05) is 58.1 Å². The number of para-hydroxylation sites is 1. The molecule has 0 fully saturated rings. The molecule has 1 aliphatic rings. The number of aryl methyl sites for hydroxylation is 1. The molecular formula is C23H19ClN4O2. The number of hydrogen-bond acceptors (Lipinski definition) is 4. The van der Waals surface area contributed by atoms with Crippen LogP contribution in [0.1, 0.15) is 12.0 Å². The molecule has 3 heterocycles. The number of amides is 1. The van der Waals surface area contributed by atoms with Crippen molar-refractivity contribution < 1.29 is 9.32 Å². The number of carbonyl (C=O) groups is 1. The summed E-state index contributed by atoms with van der Waals surface area (Å²) in [6, 6.07) is 19.1. The molecule has 0 spiro atoms. The lowest BCUT2D eigenvalue weighted by molar-refractivity contribution is -0.119. The van der Waals surface area contributed by atoms with Gasteiger partial charge in [-0.2, -0.15) is 4.98 Å². The minimum atomic E-state index is 0.0389. The third kappa shape index (κ3) is 3.50. The average Bonchev–Trinajstić information content (AvgIpc) is 3.43. The fourth-order valence-corrected chi connectivity index (χ4v) is 3.94. The highest BCUT2D eigenvalue weighted by atomic mass is 35.5. The Kier molecular flexibility index (Phi) is 4.85. The lowest BCUT2D eigenvalue weighted by atomic mass is 10.0. The largest absolute Gasteiger partial charge is 0.334 e. The van der Waals surface area contributed by atoms with Gasteiger partial charge in [0.25, 0.3) is 5.89 Å². The van der Waals surface area contributed by atoms with Crippen molar-refractivity contribution in [2.24, 2.45) is 0 Å². The third-order valence-corrected chi connectivity index (χ3v) is 5.55. The van der Waals surface area contributed by atoms with Crippen LogP contribution < -0.4 is 4.90 Å². The summed E-state index contributed by atoms with van der Waals surface area (Å²) in [6.07, 6.45) is 3.83. The maximum absolute atomic E-state index is 13.1. The topological polar surface area (TPSA) is 64.2 Å². The Morgan fingerprint density at radius 2 is 1.90 bits per heavy atom. The SMILES string of the molecule is O=C(Cn1cccc1-c1nc(-c2ccc(Cl)cc2)no1)N1CCCc2ccccc21. The van der Waals surface area contributed by atoms with Crippen LogP contribution in [0.25, 0.3) is 23.0 Å². The summed E-state index contributed by atoms with van der Waals surface area (Å²) in [5.41, 5.74) is 3.74. The van der Waals surface area contributed by atoms with Crippen molar-refractivity contribution in [2.45, 2.75) is 19.4 Å². The molecule has 0 aliphatic carbocycles. The number of benzene rings is 2. The number of rotatable bonds is 4. The standard InChI is InChI=1S/C23H19ClN4O2/c24-18-11-9-17(10-12-18)22-25-23(30-26-22)20-8-4-13-27(20)15-21(29)28-14-3-6-16-5-1-2-7-19(16)28/h1-2,4-5,7-13H,3,6,14-15H2. The smallest absolute Gasteiger partial charge is 0.274 e. The summed E-state index contributed by atoms with van der Waals surface area (Å²) >= 11 is 5.95. The molecule has 6 nitrogen and oxygen atoms in total. The molecule has 0 saturated carbocycles. The van der Waals surface area contributed by atoms with Gasteiger partial charge in [-0.15, -0.1) is 0 Å². The molecule has 150 valence electrons. The second kappa shape index (κ2) is 7.80. The number of fused-ring (bicyclic) bond motifs is 1. The Morgan fingerprint density at radius 3 is 2.77 bits per heavy atom. The zero-order valence-corrected chi connectivity index (χ0v) is 16.9.